The van der Waals surface area contributed by atoms with Crippen LogP contribution in [0.3, 0.4) is 0 Å². The number of carbonyl (C=O) groups is 1. The van der Waals surface area contributed by atoms with Crippen molar-refractivity contribution in [3.8, 4) is 12.3 Å². The standard InChI is InChI=1S/C26H35NO2.C4H6/c1-25-13-12-19(28)14-17(25)6-9-20-22-10-11-23(29)26(22,2)15-21(24(20)25)16-4-7-18(27-3)8-5-16;1-3-4-2/h4-5,7-8,14,20-24,27,29H,6,9-13,15H2,1-3H3;1H,4H2,2H3. The van der Waals surface area contributed by atoms with Crippen molar-refractivity contribution in [3.63, 3.8) is 0 Å². The second-order valence-electron chi connectivity index (χ2n) is 11.2. The van der Waals surface area contributed by atoms with Crippen LogP contribution in [0.15, 0.2) is 35.9 Å². The number of rotatable bonds is 2. The molecular formula is C30H41NO2. The number of fused-ring (bicyclic) bond motifs is 5. The Morgan fingerprint density at radius 3 is 2.48 bits per heavy atom. The smallest absolute Gasteiger partial charge is 0.155 e. The van der Waals surface area contributed by atoms with Gasteiger partial charge in [-0.15, -0.1) is 12.3 Å². The Morgan fingerprint density at radius 2 is 1.85 bits per heavy atom. The monoisotopic (exact) mass is 447 g/mol. The lowest BCUT2D eigenvalue weighted by Crippen LogP contribution is -2.54. The van der Waals surface area contributed by atoms with Crippen molar-refractivity contribution in [1.82, 2.24) is 0 Å². The highest BCUT2D eigenvalue weighted by molar-refractivity contribution is 5.91. The van der Waals surface area contributed by atoms with Gasteiger partial charge >= 0.3 is 0 Å². The molecule has 0 heterocycles. The summed E-state index contributed by atoms with van der Waals surface area (Å²) in [6.07, 6.45) is 14.6. The molecule has 33 heavy (non-hydrogen) atoms. The number of carbonyl (C=O) groups excluding carboxylic acids is 1. The molecule has 0 spiro atoms. The maximum Gasteiger partial charge on any atom is 0.155 e. The normalized spacial score (nSPS) is 39.1. The molecular weight excluding hydrogens is 406 g/mol. The molecule has 178 valence electrons. The van der Waals surface area contributed by atoms with Gasteiger partial charge in [-0.05, 0) is 96.8 Å². The molecule has 3 heteroatoms. The summed E-state index contributed by atoms with van der Waals surface area (Å²) in [7, 11) is 1.96. The van der Waals surface area contributed by atoms with E-state index in [2.05, 4.69) is 49.4 Å². The fourth-order valence-electron chi connectivity index (χ4n) is 7.94. The topological polar surface area (TPSA) is 49.3 Å². The van der Waals surface area contributed by atoms with Gasteiger partial charge in [-0.25, -0.2) is 0 Å². The van der Waals surface area contributed by atoms with Crippen LogP contribution in [0, 0.1) is 40.9 Å². The first-order valence-electron chi connectivity index (χ1n) is 12.9. The third kappa shape index (κ3) is 4.06. The highest BCUT2D eigenvalue weighted by atomic mass is 16.3. The number of aliphatic hydroxyl groups excluding tert-OH is 1. The lowest BCUT2D eigenvalue weighted by Gasteiger charge is -2.61. The summed E-state index contributed by atoms with van der Waals surface area (Å²) in [5.74, 6) is 5.03. The molecule has 3 saturated carbocycles. The van der Waals surface area contributed by atoms with E-state index in [4.69, 9.17) is 6.42 Å². The average Bonchev–Trinajstić information content (AvgIpc) is 3.13. The van der Waals surface area contributed by atoms with Gasteiger partial charge in [0.2, 0.25) is 0 Å². The lowest BCUT2D eigenvalue weighted by atomic mass is 9.44. The number of ketones is 1. The minimum absolute atomic E-state index is 0.0234. The number of nitrogens with one attached hydrogen (secondary N) is 1. The summed E-state index contributed by atoms with van der Waals surface area (Å²) < 4.78 is 0. The summed E-state index contributed by atoms with van der Waals surface area (Å²) in [5.41, 5.74) is 4.11. The SMILES string of the molecule is C#CCC.CNc1ccc(C2CC3(C)C(O)CCC3C3CCC4=CC(=O)CCC4(C)C23)cc1. The molecule has 3 nitrogen and oxygen atoms in total. The molecule has 7 atom stereocenters. The number of hydrogen-bond acceptors (Lipinski definition) is 3. The van der Waals surface area contributed by atoms with Crippen molar-refractivity contribution in [2.24, 2.45) is 28.6 Å². The number of terminal acetylenes is 1. The van der Waals surface area contributed by atoms with Crippen LogP contribution in [0.25, 0.3) is 0 Å². The van der Waals surface area contributed by atoms with Crippen molar-refractivity contribution in [3.05, 3.63) is 41.5 Å². The van der Waals surface area contributed by atoms with Crippen LogP contribution in [-0.4, -0.2) is 24.0 Å². The van der Waals surface area contributed by atoms with Gasteiger partial charge in [-0.1, -0.05) is 38.5 Å². The fraction of sp³-hybridized carbons (Fsp3) is 0.633. The third-order valence-electron chi connectivity index (χ3n) is 9.70. The predicted octanol–water partition coefficient (Wildman–Crippen LogP) is 6.34. The Labute approximate surface area is 200 Å². The van der Waals surface area contributed by atoms with Crippen molar-refractivity contribution in [2.45, 2.75) is 84.2 Å². The summed E-state index contributed by atoms with van der Waals surface area (Å²) in [5, 5.41) is 14.2. The van der Waals surface area contributed by atoms with Crippen molar-refractivity contribution in [2.75, 3.05) is 12.4 Å². The number of hydrogen-bond donors (Lipinski definition) is 2. The first-order valence-corrected chi connectivity index (χ1v) is 12.9. The first-order chi connectivity index (χ1) is 15.8. The van der Waals surface area contributed by atoms with Gasteiger partial charge in [0.25, 0.3) is 0 Å². The molecule has 3 fully saturated rings. The zero-order chi connectivity index (χ0) is 23.8. The Kier molecular flexibility index (Phi) is 6.79. The minimum Gasteiger partial charge on any atom is -0.393 e. The van der Waals surface area contributed by atoms with Crippen molar-refractivity contribution < 1.29 is 9.90 Å². The number of benzene rings is 1. The molecule has 1 aromatic rings. The predicted molar refractivity (Wildman–Crippen MR) is 136 cm³/mol. The summed E-state index contributed by atoms with van der Waals surface area (Å²) in [6.45, 7) is 6.75. The highest BCUT2D eigenvalue weighted by Gasteiger charge is 2.62. The highest BCUT2D eigenvalue weighted by Crippen LogP contribution is 2.68. The number of anilines is 1. The first kappa shape index (κ1) is 24.1. The van der Waals surface area contributed by atoms with E-state index in [1.807, 2.05) is 20.0 Å². The van der Waals surface area contributed by atoms with Crippen LogP contribution in [0.5, 0.6) is 0 Å². The van der Waals surface area contributed by atoms with E-state index < -0.39 is 0 Å². The van der Waals surface area contributed by atoms with Crippen molar-refractivity contribution in [1.29, 1.82) is 0 Å². The van der Waals surface area contributed by atoms with E-state index in [1.54, 1.807) is 0 Å². The molecule has 5 rings (SSSR count). The van der Waals surface area contributed by atoms with Gasteiger partial charge in [0, 0.05) is 25.6 Å². The van der Waals surface area contributed by atoms with E-state index in [1.165, 1.54) is 17.6 Å². The van der Waals surface area contributed by atoms with E-state index in [-0.39, 0.29) is 16.9 Å². The molecule has 0 radical (unpaired) electrons. The molecule has 0 saturated heterocycles. The average molecular weight is 448 g/mol. The van der Waals surface area contributed by atoms with Crippen LogP contribution in [-0.2, 0) is 4.79 Å². The van der Waals surface area contributed by atoms with E-state index in [9.17, 15) is 9.90 Å². The van der Waals surface area contributed by atoms with E-state index >= 15 is 0 Å². The molecule has 0 aliphatic heterocycles. The Morgan fingerprint density at radius 1 is 1.15 bits per heavy atom. The van der Waals surface area contributed by atoms with E-state index in [0.717, 1.165) is 44.2 Å². The van der Waals surface area contributed by atoms with Crippen LogP contribution >= 0.6 is 0 Å². The van der Waals surface area contributed by atoms with Gasteiger partial charge in [0.05, 0.1) is 6.10 Å². The summed E-state index contributed by atoms with van der Waals surface area (Å²) in [6, 6.07) is 8.98. The second kappa shape index (κ2) is 9.30. The zero-order valence-corrected chi connectivity index (χ0v) is 20.9. The van der Waals surface area contributed by atoms with Crippen LogP contribution < -0.4 is 5.32 Å². The number of allylic oxidation sites excluding steroid dienone is 1. The van der Waals surface area contributed by atoms with Gasteiger partial charge in [0.15, 0.2) is 5.78 Å². The molecule has 0 bridgehead atoms. The fourth-order valence-corrected chi connectivity index (χ4v) is 7.94. The second-order valence-corrected chi connectivity index (χ2v) is 11.2. The molecule has 7 unspecified atom stereocenters. The van der Waals surface area contributed by atoms with Crippen LogP contribution in [0.1, 0.15) is 83.6 Å². The maximum atomic E-state index is 12.2. The Bertz CT molecular complexity index is 941. The number of aliphatic hydroxyl groups is 1. The van der Waals surface area contributed by atoms with Gasteiger partial charge < -0.3 is 10.4 Å². The molecule has 1 aromatic carbocycles. The van der Waals surface area contributed by atoms with Crippen LogP contribution in [0.2, 0.25) is 0 Å². The lowest BCUT2D eigenvalue weighted by molar-refractivity contribution is -0.118. The summed E-state index contributed by atoms with van der Waals surface area (Å²) in [4.78, 5) is 12.2. The molecule has 4 aliphatic rings. The zero-order valence-electron chi connectivity index (χ0n) is 20.9. The third-order valence-corrected chi connectivity index (χ3v) is 9.70. The quantitative estimate of drug-likeness (QED) is 0.520. The van der Waals surface area contributed by atoms with Gasteiger partial charge in [-0.2, -0.15) is 0 Å². The largest absolute Gasteiger partial charge is 0.393 e. The van der Waals surface area contributed by atoms with Gasteiger partial charge in [0.1, 0.15) is 0 Å². The Hall–Kier alpha value is -2.05. The van der Waals surface area contributed by atoms with Crippen LogP contribution in [0.4, 0.5) is 5.69 Å². The maximum absolute atomic E-state index is 12.2. The molecule has 0 aromatic heterocycles. The molecule has 0 amide bonds. The van der Waals surface area contributed by atoms with Gasteiger partial charge in [-0.3, -0.25) is 4.79 Å². The Balaban J connectivity index is 0.000000601. The van der Waals surface area contributed by atoms with E-state index in [0.29, 0.717) is 35.9 Å². The molecule has 2 N–H and O–H groups in total. The molecule has 4 aliphatic carbocycles. The van der Waals surface area contributed by atoms with Crippen molar-refractivity contribution >= 4 is 11.5 Å². The summed E-state index contributed by atoms with van der Waals surface area (Å²) >= 11 is 0. The minimum atomic E-state index is -0.176.